The number of anilines is 1. The normalized spacial score (nSPS) is 10.6. The van der Waals surface area contributed by atoms with Crippen molar-refractivity contribution in [2.45, 2.75) is 19.8 Å². The van der Waals surface area contributed by atoms with Crippen LogP contribution in [0.5, 0.6) is 23.0 Å². The quantitative estimate of drug-likeness (QED) is 0.548. The number of methoxy groups -OCH3 is 4. The van der Waals surface area contributed by atoms with Crippen LogP contribution in [0, 0.1) is 6.92 Å². The molecule has 0 aliphatic rings. The summed E-state index contributed by atoms with van der Waals surface area (Å²) < 4.78 is 26.5. The lowest BCUT2D eigenvalue weighted by atomic mass is 10.0. The highest BCUT2D eigenvalue weighted by Gasteiger charge is 2.16. The van der Waals surface area contributed by atoms with Crippen LogP contribution in [0.25, 0.3) is 11.0 Å². The second-order valence-corrected chi connectivity index (χ2v) is 6.82. The Balaban J connectivity index is 1.78. The van der Waals surface area contributed by atoms with Gasteiger partial charge in [0.15, 0.2) is 11.5 Å². The van der Waals surface area contributed by atoms with Gasteiger partial charge >= 0.3 is 5.63 Å². The van der Waals surface area contributed by atoms with Crippen LogP contribution in [-0.4, -0.2) is 34.3 Å². The fourth-order valence-electron chi connectivity index (χ4n) is 3.41. The Bertz CT molecular complexity index is 1140. The summed E-state index contributed by atoms with van der Waals surface area (Å²) in [7, 11) is 6.06. The maximum Gasteiger partial charge on any atom is 0.339 e. The lowest BCUT2D eigenvalue weighted by Gasteiger charge is -2.14. The third-order valence-electron chi connectivity index (χ3n) is 5.05. The monoisotopic (exact) mass is 427 g/mol. The number of fused-ring (bicyclic) bond motifs is 1. The highest BCUT2D eigenvalue weighted by atomic mass is 16.5. The van der Waals surface area contributed by atoms with Gasteiger partial charge in [-0.3, -0.25) is 4.79 Å². The molecule has 0 atom stereocenters. The van der Waals surface area contributed by atoms with Gasteiger partial charge in [-0.05, 0) is 31.0 Å². The molecule has 8 heteroatoms. The first-order valence-electron chi connectivity index (χ1n) is 9.62. The average Bonchev–Trinajstić information content (AvgIpc) is 2.77. The summed E-state index contributed by atoms with van der Waals surface area (Å²) in [6.45, 7) is 1.85. The van der Waals surface area contributed by atoms with Gasteiger partial charge in [0.25, 0.3) is 0 Å². The van der Waals surface area contributed by atoms with E-state index in [1.165, 1.54) is 21.3 Å². The van der Waals surface area contributed by atoms with Crippen molar-refractivity contribution in [3.8, 4) is 23.0 Å². The van der Waals surface area contributed by atoms with E-state index >= 15 is 0 Å². The van der Waals surface area contributed by atoms with Gasteiger partial charge in [0.05, 0.1) is 28.4 Å². The fraction of sp³-hybridized carbons (Fsp3) is 0.304. The Morgan fingerprint density at radius 2 is 1.65 bits per heavy atom. The molecule has 164 valence electrons. The summed E-state index contributed by atoms with van der Waals surface area (Å²) in [6, 6.07) is 8.59. The minimum absolute atomic E-state index is 0.101. The summed E-state index contributed by atoms with van der Waals surface area (Å²) in [4.78, 5) is 25.0. The molecule has 0 spiro atoms. The van der Waals surface area contributed by atoms with Gasteiger partial charge in [-0.15, -0.1) is 0 Å². The van der Waals surface area contributed by atoms with Gasteiger partial charge < -0.3 is 28.7 Å². The van der Waals surface area contributed by atoms with Gasteiger partial charge in [-0.25, -0.2) is 4.79 Å². The average molecular weight is 427 g/mol. The molecule has 2 aromatic carbocycles. The summed E-state index contributed by atoms with van der Waals surface area (Å²) in [5, 5.41) is 3.61. The van der Waals surface area contributed by atoms with Crippen molar-refractivity contribution in [2.24, 2.45) is 0 Å². The predicted molar refractivity (Wildman–Crippen MR) is 117 cm³/mol. The maximum absolute atomic E-state index is 12.5. The molecule has 1 aromatic heterocycles. The summed E-state index contributed by atoms with van der Waals surface area (Å²) in [5.74, 6) is 1.64. The number of hydrogen-bond acceptors (Lipinski definition) is 7. The molecule has 0 aliphatic carbocycles. The topological polar surface area (TPSA) is 96.2 Å². The Hall–Kier alpha value is -3.68. The van der Waals surface area contributed by atoms with Crippen molar-refractivity contribution in [3.05, 3.63) is 51.9 Å². The van der Waals surface area contributed by atoms with E-state index in [0.717, 1.165) is 10.9 Å². The molecule has 1 heterocycles. The molecule has 0 bridgehead atoms. The number of amides is 1. The van der Waals surface area contributed by atoms with E-state index in [0.29, 0.717) is 39.8 Å². The molecule has 1 amide bonds. The molecule has 0 unspecified atom stereocenters. The van der Waals surface area contributed by atoms with E-state index < -0.39 is 5.63 Å². The third-order valence-corrected chi connectivity index (χ3v) is 5.05. The van der Waals surface area contributed by atoms with Gasteiger partial charge in [0.1, 0.15) is 11.3 Å². The summed E-state index contributed by atoms with van der Waals surface area (Å²) in [6.07, 6.45) is 0.344. The van der Waals surface area contributed by atoms with Crippen LogP contribution in [0.15, 0.2) is 39.5 Å². The number of hydrogen-bond donors (Lipinski definition) is 1. The van der Waals surface area contributed by atoms with Crippen LogP contribution < -0.4 is 29.9 Å². The van der Waals surface area contributed by atoms with Gasteiger partial charge in [-0.2, -0.15) is 0 Å². The van der Waals surface area contributed by atoms with E-state index in [4.69, 9.17) is 23.4 Å². The van der Waals surface area contributed by atoms with Crippen molar-refractivity contribution in [3.63, 3.8) is 0 Å². The first kappa shape index (κ1) is 22.0. The van der Waals surface area contributed by atoms with E-state index in [-0.39, 0.29) is 18.7 Å². The van der Waals surface area contributed by atoms with Crippen LogP contribution in [0.2, 0.25) is 0 Å². The van der Waals surface area contributed by atoms with E-state index in [2.05, 4.69) is 5.32 Å². The number of nitrogens with one attached hydrogen (secondary N) is 1. The van der Waals surface area contributed by atoms with E-state index in [1.54, 1.807) is 31.4 Å². The zero-order valence-electron chi connectivity index (χ0n) is 18.2. The van der Waals surface area contributed by atoms with Gasteiger partial charge in [-0.1, -0.05) is 0 Å². The molecule has 3 aromatic rings. The first-order valence-corrected chi connectivity index (χ1v) is 9.62. The lowest BCUT2D eigenvalue weighted by molar-refractivity contribution is -0.116. The maximum atomic E-state index is 12.5. The van der Waals surface area contributed by atoms with Crippen molar-refractivity contribution >= 4 is 22.6 Å². The van der Waals surface area contributed by atoms with Crippen LogP contribution >= 0.6 is 0 Å². The molecule has 8 nitrogen and oxygen atoms in total. The Morgan fingerprint density at radius 3 is 2.23 bits per heavy atom. The van der Waals surface area contributed by atoms with Gasteiger partial charge in [0, 0.05) is 41.3 Å². The fourth-order valence-corrected chi connectivity index (χ4v) is 3.41. The second kappa shape index (κ2) is 9.42. The number of aryl methyl sites for hydroxylation is 1. The minimum atomic E-state index is -0.459. The largest absolute Gasteiger partial charge is 0.497 e. The molecule has 1 N–H and O–H groups in total. The molecule has 31 heavy (non-hydrogen) atoms. The third kappa shape index (κ3) is 4.58. The number of benzene rings is 2. The van der Waals surface area contributed by atoms with Crippen LogP contribution in [0.4, 0.5) is 5.69 Å². The van der Waals surface area contributed by atoms with Crippen LogP contribution in [-0.2, 0) is 11.2 Å². The molecule has 0 fully saturated rings. The smallest absolute Gasteiger partial charge is 0.339 e. The van der Waals surface area contributed by atoms with Crippen molar-refractivity contribution < 1.29 is 28.2 Å². The molecule has 0 radical (unpaired) electrons. The summed E-state index contributed by atoms with van der Waals surface area (Å²) in [5.41, 5.74) is 1.74. The highest BCUT2D eigenvalue weighted by molar-refractivity contribution is 5.92. The Labute approximate surface area is 179 Å². The zero-order chi connectivity index (χ0) is 22.5. The minimum Gasteiger partial charge on any atom is -0.497 e. The van der Waals surface area contributed by atoms with Crippen LogP contribution in [0.1, 0.15) is 17.5 Å². The molecule has 0 saturated carbocycles. The summed E-state index contributed by atoms with van der Waals surface area (Å²) >= 11 is 0. The number of ether oxygens (including phenoxy) is 4. The Morgan fingerprint density at radius 1 is 0.968 bits per heavy atom. The Kier molecular flexibility index (Phi) is 6.69. The predicted octanol–water partition coefficient (Wildman–Crippen LogP) is 3.71. The highest BCUT2D eigenvalue weighted by Crippen LogP contribution is 2.40. The molecule has 3 rings (SSSR count). The molecule has 0 saturated heterocycles. The lowest BCUT2D eigenvalue weighted by Crippen LogP contribution is -2.16. The molecular weight excluding hydrogens is 402 g/mol. The van der Waals surface area contributed by atoms with Crippen molar-refractivity contribution in [2.75, 3.05) is 33.8 Å². The number of carbonyl (C=O) groups is 1. The first-order chi connectivity index (χ1) is 14.9. The van der Waals surface area contributed by atoms with E-state index in [9.17, 15) is 9.59 Å². The van der Waals surface area contributed by atoms with Crippen LogP contribution in [0.3, 0.4) is 0 Å². The molecule has 0 aliphatic heterocycles. The zero-order valence-corrected chi connectivity index (χ0v) is 18.2. The number of rotatable bonds is 8. The molecular formula is C23H25NO7. The second-order valence-electron chi connectivity index (χ2n) is 6.82. The van der Waals surface area contributed by atoms with Crippen molar-refractivity contribution in [1.82, 2.24) is 0 Å². The number of carbonyl (C=O) groups excluding carboxylic acids is 1. The van der Waals surface area contributed by atoms with Crippen molar-refractivity contribution in [1.29, 1.82) is 0 Å². The standard InChI is InChI=1S/C23H25NO7/c1-13-16-7-6-15(27-2)12-18(16)31-23(26)17(13)8-9-21(25)24-14-10-19(28-3)22(30-5)20(11-14)29-4/h6-7,10-12H,8-9H2,1-5H3,(H,24,25). The van der Waals surface area contributed by atoms with Gasteiger partial charge in [0.2, 0.25) is 11.7 Å². The SMILES string of the molecule is COc1ccc2c(C)c(CCC(=O)Nc3cc(OC)c(OC)c(OC)c3)c(=O)oc2c1. The van der Waals surface area contributed by atoms with E-state index in [1.807, 2.05) is 13.0 Å².